The van der Waals surface area contributed by atoms with Crippen LogP contribution in [0, 0.1) is 5.82 Å². The van der Waals surface area contributed by atoms with Gasteiger partial charge in [-0.3, -0.25) is 4.72 Å². The van der Waals surface area contributed by atoms with Crippen LogP contribution in [-0.2, 0) is 16.2 Å². The van der Waals surface area contributed by atoms with Gasteiger partial charge in [0.15, 0.2) is 0 Å². The van der Waals surface area contributed by atoms with E-state index in [0.717, 1.165) is 30.6 Å². The Morgan fingerprint density at radius 1 is 1.16 bits per heavy atom. The molecular weight excluding hydrogens is 548 g/mol. The molecule has 0 unspecified atom stereocenters. The highest BCUT2D eigenvalue weighted by Gasteiger charge is 2.34. The van der Waals surface area contributed by atoms with Crippen LogP contribution in [0.3, 0.4) is 0 Å². The Bertz CT molecular complexity index is 1390. The number of likely N-dealkylation sites (N-methyl/N-ethyl adjacent to an activating group) is 1. The van der Waals surface area contributed by atoms with Crippen molar-refractivity contribution in [2.45, 2.75) is 29.6 Å². The maximum Gasteiger partial charge on any atom is 0.416 e. The van der Waals surface area contributed by atoms with Gasteiger partial charge in [0.05, 0.1) is 16.3 Å². The molecule has 0 radical (unpaired) electrons. The number of piperidine rings is 1. The normalized spacial score (nSPS) is 18.5. The predicted octanol–water partition coefficient (Wildman–Crippen LogP) is 4.71. The van der Waals surface area contributed by atoms with Crippen LogP contribution in [0.15, 0.2) is 59.9 Å². The quantitative estimate of drug-likeness (QED) is 0.396. The van der Waals surface area contributed by atoms with Gasteiger partial charge in [-0.25, -0.2) is 22.8 Å². The highest BCUT2D eigenvalue weighted by molar-refractivity contribution is 7.92. The summed E-state index contributed by atoms with van der Waals surface area (Å²) in [4.78, 5) is 10.6. The molecule has 0 amide bonds. The van der Waals surface area contributed by atoms with Gasteiger partial charge in [0, 0.05) is 37.1 Å². The molecule has 0 saturated carbocycles. The SMILES string of the molecule is CN(C)[C@@H]1CN(c2cccc(C(F)(F)F)c2)CC[C@H]1Nc1cc(F)c(S(=O)(=O)Nc2ccncn2)cc1Cl. The van der Waals surface area contributed by atoms with Crippen molar-refractivity contribution in [2.75, 3.05) is 42.1 Å². The van der Waals surface area contributed by atoms with E-state index in [4.69, 9.17) is 11.6 Å². The van der Waals surface area contributed by atoms with Gasteiger partial charge in [0.2, 0.25) is 0 Å². The van der Waals surface area contributed by atoms with Gasteiger partial charge in [-0.15, -0.1) is 0 Å². The molecule has 1 aliphatic rings. The number of nitrogens with zero attached hydrogens (tertiary/aromatic N) is 4. The standard InChI is InChI=1S/C24H25ClF4N6O2S/c1-34(2)21-13-35(16-5-3-4-15(10-16)24(27,28)29)9-7-19(21)32-20-12-18(26)22(11-17(20)25)38(36,37)33-23-6-8-30-14-31-23/h3-6,8,10-12,14,19,21,32H,7,9,13H2,1-2H3,(H,30,31,33)/t19-,21-/m1/s1. The number of nitrogens with one attached hydrogen (secondary N) is 2. The summed E-state index contributed by atoms with van der Waals surface area (Å²) in [5.74, 6) is -1.04. The third kappa shape index (κ3) is 6.27. The second-order valence-electron chi connectivity index (χ2n) is 9.03. The summed E-state index contributed by atoms with van der Waals surface area (Å²) < 4.78 is 82.2. The van der Waals surface area contributed by atoms with E-state index in [0.29, 0.717) is 25.2 Å². The molecule has 2 atom stereocenters. The fraction of sp³-hybridized carbons (Fsp3) is 0.333. The van der Waals surface area contributed by atoms with Gasteiger partial charge in [-0.05, 0) is 56.9 Å². The summed E-state index contributed by atoms with van der Waals surface area (Å²) in [5, 5.41) is 3.19. The van der Waals surface area contributed by atoms with Crippen LogP contribution < -0.4 is 14.9 Å². The Labute approximate surface area is 222 Å². The van der Waals surface area contributed by atoms with Crippen molar-refractivity contribution in [1.82, 2.24) is 14.9 Å². The zero-order chi connectivity index (χ0) is 27.7. The molecule has 204 valence electrons. The van der Waals surface area contributed by atoms with E-state index < -0.39 is 32.5 Å². The lowest BCUT2D eigenvalue weighted by atomic mass is 9.97. The van der Waals surface area contributed by atoms with Gasteiger partial charge in [0.25, 0.3) is 10.0 Å². The van der Waals surface area contributed by atoms with E-state index in [1.807, 2.05) is 23.9 Å². The Hall–Kier alpha value is -3.16. The maximum atomic E-state index is 15.0. The molecule has 2 N–H and O–H groups in total. The number of benzene rings is 2. The van der Waals surface area contributed by atoms with Crippen LogP contribution in [0.1, 0.15) is 12.0 Å². The minimum absolute atomic E-state index is 0.00715. The number of sulfonamides is 1. The summed E-state index contributed by atoms with van der Waals surface area (Å²) >= 11 is 6.36. The fourth-order valence-corrected chi connectivity index (χ4v) is 5.70. The lowest BCUT2D eigenvalue weighted by Crippen LogP contribution is -2.56. The molecule has 0 aliphatic carbocycles. The first kappa shape index (κ1) is 27.9. The van der Waals surface area contributed by atoms with Crippen molar-refractivity contribution < 1.29 is 26.0 Å². The molecule has 2 aromatic carbocycles. The number of aromatic nitrogens is 2. The van der Waals surface area contributed by atoms with Crippen molar-refractivity contribution in [3.63, 3.8) is 0 Å². The average molecular weight is 573 g/mol. The van der Waals surface area contributed by atoms with Crippen LogP contribution in [0.4, 0.5) is 34.8 Å². The third-order valence-electron chi connectivity index (χ3n) is 6.26. The molecule has 1 fully saturated rings. The first-order chi connectivity index (χ1) is 17.8. The van der Waals surface area contributed by atoms with Crippen LogP contribution in [0.25, 0.3) is 0 Å². The molecular formula is C24H25ClF4N6O2S. The second-order valence-corrected chi connectivity index (χ2v) is 11.1. The van der Waals surface area contributed by atoms with Gasteiger partial charge in [0.1, 0.15) is 22.9 Å². The minimum atomic E-state index is -4.44. The zero-order valence-electron chi connectivity index (χ0n) is 20.4. The molecule has 8 nitrogen and oxygen atoms in total. The van der Waals surface area contributed by atoms with Crippen molar-refractivity contribution in [3.8, 4) is 0 Å². The van der Waals surface area contributed by atoms with Gasteiger partial charge in [-0.2, -0.15) is 13.2 Å². The molecule has 1 aromatic heterocycles. The highest BCUT2D eigenvalue weighted by Crippen LogP contribution is 2.34. The minimum Gasteiger partial charge on any atom is -0.379 e. The molecule has 0 spiro atoms. The number of anilines is 3. The number of hydrogen-bond donors (Lipinski definition) is 2. The van der Waals surface area contributed by atoms with E-state index >= 15 is 0 Å². The zero-order valence-corrected chi connectivity index (χ0v) is 21.9. The fourth-order valence-electron chi connectivity index (χ4n) is 4.33. The van der Waals surface area contributed by atoms with E-state index in [-0.39, 0.29) is 28.6 Å². The topological polar surface area (TPSA) is 90.5 Å². The summed E-state index contributed by atoms with van der Waals surface area (Å²) in [5.41, 5.74) is -0.0578. The van der Waals surface area contributed by atoms with Crippen LogP contribution in [0.5, 0.6) is 0 Å². The van der Waals surface area contributed by atoms with Crippen LogP contribution in [0.2, 0.25) is 5.02 Å². The Kier molecular flexibility index (Phi) is 8.00. The largest absolute Gasteiger partial charge is 0.416 e. The van der Waals surface area contributed by atoms with E-state index in [1.165, 1.54) is 18.3 Å². The van der Waals surface area contributed by atoms with Crippen LogP contribution >= 0.6 is 11.6 Å². The van der Waals surface area contributed by atoms with Gasteiger partial charge in [-0.1, -0.05) is 17.7 Å². The van der Waals surface area contributed by atoms with Gasteiger partial charge >= 0.3 is 6.18 Å². The van der Waals surface area contributed by atoms with Gasteiger partial charge < -0.3 is 15.1 Å². The number of halogens is 5. The number of alkyl halides is 3. The lowest BCUT2D eigenvalue weighted by Gasteiger charge is -2.43. The molecule has 4 rings (SSSR count). The summed E-state index contributed by atoms with van der Waals surface area (Å²) in [6, 6.07) is 8.10. The van der Waals surface area contributed by atoms with Crippen molar-refractivity contribution in [1.29, 1.82) is 0 Å². The van der Waals surface area contributed by atoms with E-state index in [2.05, 4.69) is 20.0 Å². The molecule has 2 heterocycles. The molecule has 38 heavy (non-hydrogen) atoms. The van der Waals surface area contributed by atoms with Crippen molar-refractivity contribution >= 4 is 38.8 Å². The summed E-state index contributed by atoms with van der Waals surface area (Å²) in [7, 11) is -0.637. The second kappa shape index (κ2) is 10.9. The molecule has 14 heteroatoms. The molecule has 0 bridgehead atoms. The predicted molar refractivity (Wildman–Crippen MR) is 137 cm³/mol. The van der Waals surface area contributed by atoms with Crippen LogP contribution in [-0.4, -0.2) is 62.6 Å². The number of hydrogen-bond acceptors (Lipinski definition) is 7. The first-order valence-corrected chi connectivity index (χ1v) is 13.3. The first-order valence-electron chi connectivity index (χ1n) is 11.5. The average Bonchev–Trinajstić information content (AvgIpc) is 2.86. The Morgan fingerprint density at radius 3 is 2.58 bits per heavy atom. The summed E-state index contributed by atoms with van der Waals surface area (Å²) in [6.07, 6.45) is -1.46. The third-order valence-corrected chi connectivity index (χ3v) is 7.94. The number of rotatable bonds is 7. The smallest absolute Gasteiger partial charge is 0.379 e. The molecule has 1 saturated heterocycles. The van der Waals surface area contributed by atoms with E-state index in [1.54, 1.807) is 6.07 Å². The van der Waals surface area contributed by atoms with Crippen molar-refractivity contribution in [2.24, 2.45) is 0 Å². The Balaban J connectivity index is 1.52. The maximum absolute atomic E-state index is 15.0. The highest BCUT2D eigenvalue weighted by atomic mass is 35.5. The summed E-state index contributed by atoms with van der Waals surface area (Å²) in [6.45, 7) is 0.847. The molecule has 3 aromatic rings. The molecule has 1 aliphatic heterocycles. The van der Waals surface area contributed by atoms with Crippen molar-refractivity contribution in [3.05, 3.63) is 71.4 Å². The van der Waals surface area contributed by atoms with E-state index in [9.17, 15) is 26.0 Å². The Morgan fingerprint density at radius 2 is 1.92 bits per heavy atom. The lowest BCUT2D eigenvalue weighted by molar-refractivity contribution is -0.137. The monoisotopic (exact) mass is 572 g/mol.